The number of non-ortho nitro benzene ring substituents is 1. The number of aromatic amines is 1. The molecule has 1 atom stereocenters. The molecule has 1 aliphatic rings. The number of H-pyrrole nitrogens is 1. The van der Waals surface area contributed by atoms with Gasteiger partial charge in [-0.3, -0.25) is 14.9 Å². The number of hydrogen-bond acceptors (Lipinski definition) is 7. The van der Waals surface area contributed by atoms with Crippen LogP contribution in [0.5, 0.6) is 5.88 Å². The molecule has 9 nitrogen and oxygen atoms in total. The van der Waals surface area contributed by atoms with E-state index in [2.05, 4.69) is 9.97 Å². The Balaban J connectivity index is 2.22. The summed E-state index contributed by atoms with van der Waals surface area (Å²) in [6, 6.07) is 7.44. The first-order valence-corrected chi connectivity index (χ1v) is 6.42. The van der Waals surface area contributed by atoms with Crippen LogP contribution in [0.4, 0.5) is 5.69 Å². The highest BCUT2D eigenvalue weighted by Crippen LogP contribution is 2.38. The van der Waals surface area contributed by atoms with Crippen LogP contribution < -0.4 is 16.0 Å². The van der Waals surface area contributed by atoms with Crippen LogP contribution in [-0.4, -0.2) is 14.9 Å². The number of ether oxygens (including phenoxy) is 1. The van der Waals surface area contributed by atoms with Gasteiger partial charge in [0.15, 0.2) is 0 Å². The van der Waals surface area contributed by atoms with Crippen LogP contribution >= 0.6 is 0 Å². The van der Waals surface area contributed by atoms with Crippen molar-refractivity contribution < 1.29 is 9.66 Å². The van der Waals surface area contributed by atoms with Crippen LogP contribution in [0.25, 0.3) is 0 Å². The van der Waals surface area contributed by atoms with E-state index in [1.807, 2.05) is 6.07 Å². The fourth-order valence-electron chi connectivity index (χ4n) is 2.42. The SMILES string of the molecule is N#CC1=C(N)Oc2nc[nH]c(=O)c2[C@@H]1c1ccc([N+](=O)[O-])cc1. The van der Waals surface area contributed by atoms with Crippen LogP contribution in [0, 0.1) is 21.4 Å². The number of nitrogens with two attached hydrogens (primary N) is 1. The van der Waals surface area contributed by atoms with Crippen molar-refractivity contribution in [3.05, 3.63) is 73.6 Å². The van der Waals surface area contributed by atoms with E-state index < -0.39 is 16.4 Å². The number of rotatable bonds is 2. The van der Waals surface area contributed by atoms with Gasteiger partial charge in [0.25, 0.3) is 11.2 Å². The molecule has 9 heteroatoms. The third kappa shape index (κ3) is 2.28. The largest absolute Gasteiger partial charge is 0.422 e. The molecule has 0 unspecified atom stereocenters. The first kappa shape index (κ1) is 14.3. The van der Waals surface area contributed by atoms with E-state index in [1.165, 1.54) is 30.6 Å². The minimum atomic E-state index is -0.804. The molecule has 0 saturated heterocycles. The summed E-state index contributed by atoms with van der Waals surface area (Å²) < 4.78 is 5.23. The standard InChI is InChI=1S/C14H9N5O4/c15-5-9-10(7-1-3-8(4-2-7)19(21)22)11-13(20)17-6-18-14(11)23-12(9)16/h1-4,6,10H,16H2,(H,17,18,20)/t10-/m1/s1. The smallest absolute Gasteiger partial charge is 0.269 e. The highest BCUT2D eigenvalue weighted by molar-refractivity contribution is 5.53. The zero-order chi connectivity index (χ0) is 16.6. The lowest BCUT2D eigenvalue weighted by Gasteiger charge is -2.24. The molecule has 0 aliphatic carbocycles. The third-order valence-electron chi connectivity index (χ3n) is 3.46. The molecule has 2 heterocycles. The quantitative estimate of drug-likeness (QED) is 0.618. The van der Waals surface area contributed by atoms with Gasteiger partial charge in [-0.1, -0.05) is 12.1 Å². The van der Waals surface area contributed by atoms with Crippen molar-refractivity contribution in [2.75, 3.05) is 0 Å². The maximum absolute atomic E-state index is 12.1. The number of nitro benzene ring substituents is 1. The topological polar surface area (TPSA) is 148 Å². The average Bonchev–Trinajstić information content (AvgIpc) is 2.54. The van der Waals surface area contributed by atoms with Crippen molar-refractivity contribution >= 4 is 5.69 Å². The molecule has 0 saturated carbocycles. The van der Waals surface area contributed by atoms with E-state index in [1.54, 1.807) is 0 Å². The number of nitriles is 1. The van der Waals surface area contributed by atoms with Crippen LogP contribution in [0.3, 0.4) is 0 Å². The number of aromatic nitrogens is 2. The number of nitrogens with one attached hydrogen (secondary N) is 1. The molecule has 0 bridgehead atoms. The number of allylic oxidation sites excluding steroid dienone is 1. The van der Waals surface area contributed by atoms with Gasteiger partial charge >= 0.3 is 0 Å². The Morgan fingerprint density at radius 1 is 1.39 bits per heavy atom. The normalized spacial score (nSPS) is 16.2. The predicted octanol–water partition coefficient (Wildman–Crippen LogP) is 0.896. The minimum absolute atomic E-state index is 0.00797. The fraction of sp³-hybridized carbons (Fsp3) is 0.0714. The van der Waals surface area contributed by atoms with E-state index in [4.69, 9.17) is 10.5 Å². The van der Waals surface area contributed by atoms with Gasteiger partial charge in [-0.2, -0.15) is 5.26 Å². The molecule has 0 radical (unpaired) electrons. The van der Waals surface area contributed by atoms with E-state index in [0.717, 1.165) is 0 Å². The second-order valence-corrected chi connectivity index (χ2v) is 4.72. The Hall–Kier alpha value is -3.67. The summed E-state index contributed by atoms with van der Waals surface area (Å²) >= 11 is 0. The first-order chi connectivity index (χ1) is 11.0. The maximum Gasteiger partial charge on any atom is 0.269 e. The minimum Gasteiger partial charge on any atom is -0.422 e. The molecule has 3 rings (SSSR count). The molecule has 114 valence electrons. The molecule has 1 aromatic heterocycles. The van der Waals surface area contributed by atoms with Gasteiger partial charge in [-0.05, 0) is 5.56 Å². The second kappa shape index (κ2) is 5.27. The molecular weight excluding hydrogens is 302 g/mol. The Morgan fingerprint density at radius 2 is 2.09 bits per heavy atom. The zero-order valence-electron chi connectivity index (χ0n) is 11.5. The second-order valence-electron chi connectivity index (χ2n) is 4.72. The molecular formula is C14H9N5O4. The lowest BCUT2D eigenvalue weighted by atomic mass is 9.85. The zero-order valence-corrected chi connectivity index (χ0v) is 11.5. The number of nitro groups is 1. The highest BCUT2D eigenvalue weighted by atomic mass is 16.6. The number of hydrogen-bond donors (Lipinski definition) is 2. The maximum atomic E-state index is 12.1. The Bertz CT molecular complexity index is 923. The summed E-state index contributed by atoms with van der Waals surface area (Å²) in [5, 5.41) is 20.1. The van der Waals surface area contributed by atoms with Crippen LogP contribution in [0.2, 0.25) is 0 Å². The van der Waals surface area contributed by atoms with Crippen molar-refractivity contribution in [3.63, 3.8) is 0 Å². The van der Waals surface area contributed by atoms with Gasteiger partial charge in [0.05, 0.1) is 22.7 Å². The van der Waals surface area contributed by atoms with Crippen LogP contribution in [0.15, 0.2) is 46.8 Å². The summed E-state index contributed by atoms with van der Waals surface area (Å²) in [4.78, 5) is 28.7. The van der Waals surface area contributed by atoms with Crippen molar-refractivity contribution in [2.45, 2.75) is 5.92 Å². The molecule has 0 amide bonds. The van der Waals surface area contributed by atoms with E-state index in [-0.39, 0.29) is 28.6 Å². The molecule has 0 spiro atoms. The lowest BCUT2D eigenvalue weighted by Crippen LogP contribution is -2.28. The predicted molar refractivity (Wildman–Crippen MR) is 77.3 cm³/mol. The Morgan fingerprint density at radius 3 is 2.70 bits per heavy atom. The van der Waals surface area contributed by atoms with Crippen molar-refractivity contribution in [1.82, 2.24) is 9.97 Å². The molecule has 1 aliphatic heterocycles. The fourth-order valence-corrected chi connectivity index (χ4v) is 2.42. The molecule has 2 aromatic rings. The van der Waals surface area contributed by atoms with Crippen molar-refractivity contribution in [3.8, 4) is 11.9 Å². The van der Waals surface area contributed by atoms with E-state index in [9.17, 15) is 20.2 Å². The van der Waals surface area contributed by atoms with E-state index in [0.29, 0.717) is 5.56 Å². The van der Waals surface area contributed by atoms with Gasteiger partial charge in [0, 0.05) is 12.1 Å². The highest BCUT2D eigenvalue weighted by Gasteiger charge is 2.34. The number of benzene rings is 1. The molecule has 23 heavy (non-hydrogen) atoms. The van der Waals surface area contributed by atoms with Crippen LogP contribution in [0.1, 0.15) is 17.0 Å². The van der Waals surface area contributed by atoms with Gasteiger partial charge in [0.2, 0.25) is 11.8 Å². The summed E-state index contributed by atoms with van der Waals surface area (Å²) in [7, 11) is 0. The number of fused-ring (bicyclic) bond motifs is 1. The molecule has 3 N–H and O–H groups in total. The summed E-state index contributed by atoms with van der Waals surface area (Å²) in [5.41, 5.74) is 5.84. The first-order valence-electron chi connectivity index (χ1n) is 6.42. The summed E-state index contributed by atoms with van der Waals surface area (Å²) in [5.74, 6) is -0.947. The third-order valence-corrected chi connectivity index (χ3v) is 3.46. The summed E-state index contributed by atoms with van der Waals surface area (Å²) in [6.45, 7) is 0. The van der Waals surface area contributed by atoms with Crippen molar-refractivity contribution in [1.29, 1.82) is 5.26 Å². The van der Waals surface area contributed by atoms with Crippen molar-refractivity contribution in [2.24, 2.45) is 5.73 Å². The van der Waals surface area contributed by atoms with Gasteiger partial charge < -0.3 is 15.5 Å². The number of nitrogens with zero attached hydrogens (tertiary/aromatic N) is 3. The van der Waals surface area contributed by atoms with E-state index >= 15 is 0 Å². The average molecular weight is 311 g/mol. The molecule has 1 aromatic carbocycles. The monoisotopic (exact) mass is 311 g/mol. The Kier molecular flexibility index (Phi) is 3.27. The van der Waals surface area contributed by atoms with Gasteiger partial charge in [0.1, 0.15) is 11.6 Å². The lowest BCUT2D eigenvalue weighted by molar-refractivity contribution is -0.384. The summed E-state index contributed by atoms with van der Waals surface area (Å²) in [6.07, 6.45) is 1.17. The van der Waals surface area contributed by atoms with Gasteiger partial charge in [-0.25, -0.2) is 4.98 Å². The molecule has 0 fully saturated rings. The van der Waals surface area contributed by atoms with Crippen LogP contribution in [-0.2, 0) is 0 Å². The Labute approximate surface area is 128 Å². The van der Waals surface area contributed by atoms with Gasteiger partial charge in [-0.15, -0.1) is 0 Å².